The highest BCUT2D eigenvalue weighted by molar-refractivity contribution is 5.91. The van der Waals surface area contributed by atoms with Gasteiger partial charge in [0.25, 0.3) is 5.91 Å². The highest BCUT2D eigenvalue weighted by atomic mass is 16.5. The zero-order chi connectivity index (χ0) is 12.7. The molecule has 5 heteroatoms. The van der Waals surface area contributed by atoms with Crippen molar-refractivity contribution < 1.29 is 18.7 Å². The SMILES string of the molecule is CCOC(=O)CCCNC(=O)c1ccc(C)o1. The van der Waals surface area contributed by atoms with Crippen molar-refractivity contribution in [2.45, 2.75) is 26.7 Å². The Bertz CT molecular complexity index is 384. The number of hydrogen-bond donors (Lipinski definition) is 1. The summed E-state index contributed by atoms with van der Waals surface area (Å²) >= 11 is 0. The van der Waals surface area contributed by atoms with Gasteiger partial charge in [0, 0.05) is 13.0 Å². The minimum atomic E-state index is -0.262. The van der Waals surface area contributed by atoms with Gasteiger partial charge in [0.05, 0.1) is 6.61 Å². The fraction of sp³-hybridized carbons (Fsp3) is 0.500. The van der Waals surface area contributed by atoms with Crippen LogP contribution in [0.5, 0.6) is 0 Å². The number of nitrogens with one attached hydrogen (secondary N) is 1. The molecule has 0 fully saturated rings. The first-order valence-corrected chi connectivity index (χ1v) is 5.63. The molecule has 0 radical (unpaired) electrons. The summed E-state index contributed by atoms with van der Waals surface area (Å²) in [7, 11) is 0. The van der Waals surface area contributed by atoms with Crippen LogP contribution in [0.3, 0.4) is 0 Å². The lowest BCUT2D eigenvalue weighted by Crippen LogP contribution is -2.24. The molecule has 0 atom stereocenters. The predicted octanol–water partition coefficient (Wildman–Crippen LogP) is 1.66. The summed E-state index contributed by atoms with van der Waals surface area (Å²) in [5.74, 6) is 0.484. The van der Waals surface area contributed by atoms with E-state index in [0.717, 1.165) is 0 Å². The van der Waals surface area contributed by atoms with Gasteiger partial charge >= 0.3 is 5.97 Å². The van der Waals surface area contributed by atoms with E-state index in [9.17, 15) is 9.59 Å². The van der Waals surface area contributed by atoms with E-state index in [1.165, 1.54) is 0 Å². The van der Waals surface area contributed by atoms with Gasteiger partial charge in [0.15, 0.2) is 5.76 Å². The first kappa shape index (κ1) is 13.3. The number of rotatable bonds is 6. The van der Waals surface area contributed by atoms with Gasteiger partial charge in [0.2, 0.25) is 0 Å². The van der Waals surface area contributed by atoms with Gasteiger partial charge in [-0.05, 0) is 32.4 Å². The molecule has 1 aromatic heterocycles. The van der Waals surface area contributed by atoms with E-state index in [1.807, 2.05) is 0 Å². The molecule has 0 unspecified atom stereocenters. The molecule has 0 aromatic carbocycles. The summed E-state index contributed by atoms with van der Waals surface area (Å²) in [5.41, 5.74) is 0. The molecular weight excluding hydrogens is 222 g/mol. The van der Waals surface area contributed by atoms with Crippen LogP contribution in [0.15, 0.2) is 16.5 Å². The summed E-state index contributed by atoms with van der Waals surface area (Å²) in [6, 6.07) is 3.35. The topological polar surface area (TPSA) is 68.5 Å². The Morgan fingerprint density at radius 1 is 1.41 bits per heavy atom. The van der Waals surface area contributed by atoms with Crippen molar-refractivity contribution in [1.29, 1.82) is 0 Å². The van der Waals surface area contributed by atoms with Crippen LogP contribution in [-0.2, 0) is 9.53 Å². The fourth-order valence-electron chi connectivity index (χ4n) is 1.31. The predicted molar refractivity (Wildman–Crippen MR) is 61.6 cm³/mol. The van der Waals surface area contributed by atoms with E-state index in [-0.39, 0.29) is 11.9 Å². The fourth-order valence-corrected chi connectivity index (χ4v) is 1.31. The molecule has 94 valence electrons. The normalized spacial score (nSPS) is 10.0. The molecule has 0 saturated heterocycles. The number of carbonyl (C=O) groups excluding carboxylic acids is 2. The van der Waals surface area contributed by atoms with Crippen molar-refractivity contribution in [3.8, 4) is 0 Å². The lowest BCUT2D eigenvalue weighted by molar-refractivity contribution is -0.143. The van der Waals surface area contributed by atoms with Crippen molar-refractivity contribution in [3.05, 3.63) is 23.7 Å². The average molecular weight is 239 g/mol. The Kier molecular flexibility index (Phi) is 5.26. The molecule has 1 heterocycles. The summed E-state index contributed by atoms with van der Waals surface area (Å²) in [6.45, 7) is 4.35. The molecular formula is C12H17NO4. The Balaban J connectivity index is 2.19. The molecule has 5 nitrogen and oxygen atoms in total. The van der Waals surface area contributed by atoms with Gasteiger partial charge in [-0.25, -0.2) is 0 Å². The maximum atomic E-state index is 11.5. The number of aryl methyl sites for hydroxylation is 1. The highest BCUT2D eigenvalue weighted by Gasteiger charge is 2.09. The Hall–Kier alpha value is -1.78. The second kappa shape index (κ2) is 6.73. The van der Waals surface area contributed by atoms with Gasteiger partial charge in [-0.15, -0.1) is 0 Å². The van der Waals surface area contributed by atoms with E-state index in [0.29, 0.717) is 37.5 Å². The molecule has 1 aromatic rings. The average Bonchev–Trinajstić information content (AvgIpc) is 2.71. The standard InChI is InChI=1S/C12H17NO4/c1-3-16-11(14)5-4-8-13-12(15)10-7-6-9(2)17-10/h6-7H,3-5,8H2,1-2H3,(H,13,15). The number of carbonyl (C=O) groups is 2. The molecule has 17 heavy (non-hydrogen) atoms. The summed E-state index contributed by atoms with van der Waals surface area (Å²) in [5, 5.41) is 2.67. The molecule has 0 spiro atoms. The second-order valence-corrected chi connectivity index (χ2v) is 3.57. The highest BCUT2D eigenvalue weighted by Crippen LogP contribution is 2.05. The summed E-state index contributed by atoms with van der Waals surface area (Å²) in [6.07, 6.45) is 0.871. The van der Waals surface area contributed by atoms with Crippen LogP contribution in [0, 0.1) is 6.92 Å². The molecule has 0 aliphatic carbocycles. The van der Waals surface area contributed by atoms with Crippen molar-refractivity contribution >= 4 is 11.9 Å². The van der Waals surface area contributed by atoms with Crippen molar-refractivity contribution in [2.75, 3.05) is 13.2 Å². The largest absolute Gasteiger partial charge is 0.466 e. The first-order valence-electron chi connectivity index (χ1n) is 5.63. The van der Waals surface area contributed by atoms with Gasteiger partial charge in [-0.3, -0.25) is 9.59 Å². The zero-order valence-corrected chi connectivity index (χ0v) is 10.1. The van der Waals surface area contributed by atoms with Crippen LogP contribution >= 0.6 is 0 Å². The lowest BCUT2D eigenvalue weighted by atomic mass is 10.3. The van der Waals surface area contributed by atoms with Crippen molar-refractivity contribution in [1.82, 2.24) is 5.32 Å². The Labute approximate surface area is 100 Å². The lowest BCUT2D eigenvalue weighted by Gasteiger charge is -2.03. The number of furan rings is 1. The smallest absolute Gasteiger partial charge is 0.305 e. The van der Waals surface area contributed by atoms with Crippen LogP contribution in [0.2, 0.25) is 0 Å². The number of amides is 1. The number of ether oxygens (including phenoxy) is 1. The minimum absolute atomic E-state index is 0.240. The third-order valence-electron chi connectivity index (χ3n) is 2.11. The van der Waals surface area contributed by atoms with Gasteiger partial charge in [-0.1, -0.05) is 0 Å². The third kappa shape index (κ3) is 4.72. The molecule has 1 amide bonds. The van der Waals surface area contributed by atoms with Gasteiger partial charge < -0.3 is 14.5 Å². The molecule has 1 rings (SSSR count). The summed E-state index contributed by atoms with van der Waals surface area (Å²) < 4.78 is 9.93. The van der Waals surface area contributed by atoms with Crippen LogP contribution in [0.4, 0.5) is 0 Å². The van der Waals surface area contributed by atoms with Gasteiger partial charge in [-0.2, -0.15) is 0 Å². The first-order chi connectivity index (χ1) is 8.13. The molecule has 0 aliphatic rings. The minimum Gasteiger partial charge on any atom is -0.466 e. The number of esters is 1. The monoisotopic (exact) mass is 239 g/mol. The molecule has 1 N–H and O–H groups in total. The van der Waals surface area contributed by atoms with E-state index in [2.05, 4.69) is 5.32 Å². The van der Waals surface area contributed by atoms with Crippen molar-refractivity contribution in [3.63, 3.8) is 0 Å². The Morgan fingerprint density at radius 2 is 2.18 bits per heavy atom. The van der Waals surface area contributed by atoms with E-state index < -0.39 is 0 Å². The second-order valence-electron chi connectivity index (χ2n) is 3.57. The van der Waals surface area contributed by atoms with Crippen LogP contribution in [-0.4, -0.2) is 25.0 Å². The quantitative estimate of drug-likeness (QED) is 0.605. The van der Waals surface area contributed by atoms with Crippen LogP contribution in [0.1, 0.15) is 36.1 Å². The number of hydrogen-bond acceptors (Lipinski definition) is 4. The maximum absolute atomic E-state index is 11.5. The Morgan fingerprint density at radius 3 is 2.76 bits per heavy atom. The van der Waals surface area contributed by atoms with E-state index in [4.69, 9.17) is 9.15 Å². The van der Waals surface area contributed by atoms with Crippen molar-refractivity contribution in [2.24, 2.45) is 0 Å². The van der Waals surface area contributed by atoms with E-state index in [1.54, 1.807) is 26.0 Å². The van der Waals surface area contributed by atoms with Gasteiger partial charge in [0.1, 0.15) is 5.76 Å². The zero-order valence-electron chi connectivity index (χ0n) is 10.1. The maximum Gasteiger partial charge on any atom is 0.305 e. The molecule has 0 aliphatic heterocycles. The third-order valence-corrected chi connectivity index (χ3v) is 2.11. The van der Waals surface area contributed by atoms with Crippen LogP contribution in [0.25, 0.3) is 0 Å². The summed E-state index contributed by atoms with van der Waals surface area (Å²) in [4.78, 5) is 22.5. The van der Waals surface area contributed by atoms with E-state index >= 15 is 0 Å². The molecule has 0 bridgehead atoms. The van der Waals surface area contributed by atoms with Crippen LogP contribution < -0.4 is 5.32 Å². The molecule has 0 saturated carbocycles.